The van der Waals surface area contributed by atoms with Gasteiger partial charge in [-0.2, -0.15) is 5.10 Å². The summed E-state index contributed by atoms with van der Waals surface area (Å²) in [5, 5.41) is 10.8. The van der Waals surface area contributed by atoms with E-state index in [9.17, 15) is 4.79 Å². The Labute approximate surface area is 177 Å². The van der Waals surface area contributed by atoms with Crippen LogP contribution in [0.2, 0.25) is 0 Å². The van der Waals surface area contributed by atoms with Crippen LogP contribution in [0.25, 0.3) is 0 Å². The maximum atomic E-state index is 12.7. The van der Waals surface area contributed by atoms with Crippen LogP contribution in [-0.2, 0) is 18.5 Å². The van der Waals surface area contributed by atoms with Crippen LogP contribution in [0.3, 0.4) is 0 Å². The first-order chi connectivity index (χ1) is 13.9. The molecule has 0 aliphatic carbocycles. The average Bonchev–Trinajstić information content (AvgIpc) is 2.73. The van der Waals surface area contributed by atoms with Crippen molar-refractivity contribution in [3.05, 3.63) is 76.0 Å². The minimum Gasteiger partial charge on any atom is -0.365 e. The maximum Gasteiger partial charge on any atom is 0.272 e. The van der Waals surface area contributed by atoms with Gasteiger partial charge in [-0.3, -0.25) is 14.8 Å². The highest BCUT2D eigenvalue weighted by atomic mass is 79.9. The van der Waals surface area contributed by atoms with Gasteiger partial charge in [-0.15, -0.1) is 5.10 Å². The lowest BCUT2D eigenvalue weighted by atomic mass is 9.92. The van der Waals surface area contributed by atoms with E-state index < -0.39 is 5.54 Å². The molecule has 0 saturated carbocycles. The summed E-state index contributed by atoms with van der Waals surface area (Å²) in [6.45, 7) is 5.55. The van der Waals surface area contributed by atoms with Gasteiger partial charge in [0.15, 0.2) is 5.69 Å². The van der Waals surface area contributed by atoms with Crippen LogP contribution >= 0.6 is 15.9 Å². The second kappa shape index (κ2) is 7.87. The van der Waals surface area contributed by atoms with Gasteiger partial charge in [0.1, 0.15) is 0 Å². The van der Waals surface area contributed by atoms with Crippen molar-refractivity contribution in [2.75, 3.05) is 11.4 Å². The van der Waals surface area contributed by atoms with Crippen molar-refractivity contribution in [2.24, 2.45) is 0 Å². The van der Waals surface area contributed by atoms with E-state index in [1.54, 1.807) is 24.5 Å². The number of hydrogen-bond donors (Lipinski definition) is 1. The van der Waals surface area contributed by atoms with Gasteiger partial charge in [0.05, 0.1) is 17.4 Å². The van der Waals surface area contributed by atoms with E-state index in [-0.39, 0.29) is 5.91 Å². The van der Waals surface area contributed by atoms with Crippen LogP contribution in [0.15, 0.2) is 53.5 Å². The second-order valence-electron chi connectivity index (χ2n) is 7.51. The van der Waals surface area contributed by atoms with Crippen molar-refractivity contribution >= 4 is 27.5 Å². The number of anilines is 1. The van der Waals surface area contributed by atoms with Crippen molar-refractivity contribution in [1.82, 2.24) is 25.5 Å². The Morgan fingerprint density at radius 2 is 2.10 bits per heavy atom. The molecule has 0 atom stereocenters. The number of hydrogen-bond acceptors (Lipinski definition) is 6. The zero-order chi connectivity index (χ0) is 20.4. The molecular formula is C21H21BrN6O. The molecule has 3 aromatic heterocycles. The number of fused-ring (bicyclic) bond motifs is 1. The van der Waals surface area contributed by atoms with E-state index in [4.69, 9.17) is 0 Å². The molecule has 148 valence electrons. The van der Waals surface area contributed by atoms with Crippen molar-refractivity contribution in [2.45, 2.75) is 32.4 Å². The molecule has 1 N–H and O–H groups in total. The van der Waals surface area contributed by atoms with Crippen LogP contribution in [0.4, 0.5) is 5.69 Å². The molecule has 8 heteroatoms. The molecular weight excluding hydrogens is 432 g/mol. The lowest BCUT2D eigenvalue weighted by Gasteiger charge is -2.35. The Hall–Kier alpha value is -2.87. The number of aromatic nitrogens is 4. The fraction of sp³-hybridized carbons (Fsp3) is 0.286. The van der Waals surface area contributed by atoms with Gasteiger partial charge in [-0.05, 0) is 59.6 Å². The quantitative estimate of drug-likeness (QED) is 0.653. The molecule has 0 saturated heterocycles. The maximum absolute atomic E-state index is 12.7. The predicted octanol–water partition coefficient (Wildman–Crippen LogP) is 3.26. The molecule has 0 bridgehead atoms. The average molecular weight is 453 g/mol. The Bertz CT molecular complexity index is 1040. The van der Waals surface area contributed by atoms with E-state index in [0.717, 1.165) is 40.9 Å². The van der Waals surface area contributed by atoms with Crippen LogP contribution in [0, 0.1) is 0 Å². The largest absolute Gasteiger partial charge is 0.365 e. The Morgan fingerprint density at radius 3 is 2.90 bits per heavy atom. The number of nitrogens with one attached hydrogen (secondary N) is 1. The SMILES string of the molecule is CC(C)(NC(=O)c1cccnn1)c1ccncc1N1CCc2ncc(Br)cc2C1. The predicted molar refractivity (Wildman–Crippen MR) is 113 cm³/mol. The molecule has 0 fully saturated rings. The van der Waals surface area contributed by atoms with Gasteiger partial charge in [-0.25, -0.2) is 0 Å². The van der Waals surface area contributed by atoms with E-state index >= 15 is 0 Å². The topological polar surface area (TPSA) is 83.9 Å². The third-order valence-corrected chi connectivity index (χ3v) is 5.48. The number of halogens is 1. The zero-order valence-electron chi connectivity index (χ0n) is 16.3. The van der Waals surface area contributed by atoms with Crippen LogP contribution in [0.5, 0.6) is 0 Å². The van der Waals surface area contributed by atoms with Gasteiger partial charge in [0.25, 0.3) is 5.91 Å². The molecule has 29 heavy (non-hydrogen) atoms. The number of amides is 1. The first kappa shape index (κ1) is 19.4. The number of carbonyl (C=O) groups excluding carboxylic acids is 1. The fourth-order valence-electron chi connectivity index (χ4n) is 3.61. The Morgan fingerprint density at radius 1 is 1.24 bits per heavy atom. The number of nitrogens with zero attached hydrogens (tertiary/aromatic N) is 5. The van der Waals surface area contributed by atoms with Crippen molar-refractivity contribution < 1.29 is 4.79 Å². The first-order valence-electron chi connectivity index (χ1n) is 9.37. The van der Waals surface area contributed by atoms with Gasteiger partial charge in [0.2, 0.25) is 0 Å². The molecule has 1 aliphatic rings. The highest BCUT2D eigenvalue weighted by molar-refractivity contribution is 9.10. The molecule has 1 amide bonds. The molecule has 4 heterocycles. The molecule has 0 radical (unpaired) electrons. The summed E-state index contributed by atoms with van der Waals surface area (Å²) in [4.78, 5) is 23.8. The fourth-order valence-corrected chi connectivity index (χ4v) is 3.99. The van der Waals surface area contributed by atoms with E-state index in [2.05, 4.69) is 52.4 Å². The van der Waals surface area contributed by atoms with Crippen molar-refractivity contribution in [1.29, 1.82) is 0 Å². The molecule has 3 aromatic rings. The standard InChI is InChI=1S/C21H21BrN6O/c1-21(2,26-20(29)18-4-3-7-25-27-18)16-5-8-23-12-19(16)28-9-6-17-14(13-28)10-15(22)11-24-17/h3-5,7-8,10-12H,6,9,13H2,1-2H3,(H,26,29). The second-order valence-corrected chi connectivity index (χ2v) is 8.43. The smallest absolute Gasteiger partial charge is 0.272 e. The summed E-state index contributed by atoms with van der Waals surface area (Å²) < 4.78 is 0.973. The van der Waals surface area contributed by atoms with Crippen LogP contribution in [0.1, 0.15) is 41.2 Å². The molecule has 7 nitrogen and oxygen atoms in total. The van der Waals surface area contributed by atoms with Crippen LogP contribution < -0.4 is 10.2 Å². The summed E-state index contributed by atoms with van der Waals surface area (Å²) in [6, 6.07) is 7.43. The van der Waals surface area contributed by atoms with E-state index in [1.165, 1.54) is 5.56 Å². The monoisotopic (exact) mass is 452 g/mol. The number of carbonyl (C=O) groups is 1. The lowest BCUT2D eigenvalue weighted by Crippen LogP contribution is -2.43. The van der Waals surface area contributed by atoms with Gasteiger partial charge < -0.3 is 10.2 Å². The van der Waals surface area contributed by atoms with Gasteiger partial charge >= 0.3 is 0 Å². The molecule has 4 rings (SSSR count). The molecule has 1 aliphatic heterocycles. The molecule has 0 aromatic carbocycles. The first-order valence-corrected chi connectivity index (χ1v) is 10.2. The summed E-state index contributed by atoms with van der Waals surface area (Å²) in [6.07, 6.45) is 7.87. The number of pyridine rings is 2. The highest BCUT2D eigenvalue weighted by Crippen LogP contribution is 2.33. The summed E-state index contributed by atoms with van der Waals surface area (Å²) in [7, 11) is 0. The van der Waals surface area contributed by atoms with Gasteiger partial charge in [-0.1, -0.05) is 0 Å². The summed E-state index contributed by atoms with van der Waals surface area (Å²) in [5.74, 6) is -0.261. The normalized spacial score (nSPS) is 13.7. The number of rotatable bonds is 4. The minimum absolute atomic E-state index is 0.261. The molecule has 0 spiro atoms. The molecule has 0 unspecified atom stereocenters. The third-order valence-electron chi connectivity index (χ3n) is 5.05. The van der Waals surface area contributed by atoms with E-state index in [1.807, 2.05) is 32.3 Å². The third kappa shape index (κ3) is 4.12. The lowest BCUT2D eigenvalue weighted by molar-refractivity contribution is 0.0906. The highest BCUT2D eigenvalue weighted by Gasteiger charge is 2.30. The summed E-state index contributed by atoms with van der Waals surface area (Å²) in [5.41, 5.74) is 3.99. The van der Waals surface area contributed by atoms with E-state index in [0.29, 0.717) is 5.69 Å². The Kier molecular flexibility index (Phi) is 5.27. The van der Waals surface area contributed by atoms with Gasteiger partial charge in [0, 0.05) is 53.8 Å². The van der Waals surface area contributed by atoms with Crippen molar-refractivity contribution in [3.8, 4) is 0 Å². The van der Waals surface area contributed by atoms with Crippen molar-refractivity contribution in [3.63, 3.8) is 0 Å². The Balaban J connectivity index is 1.62. The zero-order valence-corrected chi connectivity index (χ0v) is 17.8. The minimum atomic E-state index is -0.622. The van der Waals surface area contributed by atoms with Crippen LogP contribution in [-0.4, -0.2) is 32.6 Å². The summed E-state index contributed by atoms with van der Waals surface area (Å²) >= 11 is 3.51.